The minimum absolute atomic E-state index is 0.127. The van der Waals surface area contributed by atoms with Gasteiger partial charge in [0.15, 0.2) is 0 Å². The molecule has 4 nitrogen and oxygen atoms in total. The summed E-state index contributed by atoms with van der Waals surface area (Å²) in [4.78, 5) is 16.2. The molecule has 2 aromatic carbocycles. The first kappa shape index (κ1) is 18.2. The fourth-order valence-electron chi connectivity index (χ4n) is 2.10. The zero-order valence-corrected chi connectivity index (χ0v) is 15.5. The molecule has 0 unspecified atom stereocenters. The molecule has 0 saturated heterocycles. The summed E-state index contributed by atoms with van der Waals surface area (Å²) in [7, 11) is 0. The maximum atomic E-state index is 11.0. The predicted octanol–water partition coefficient (Wildman–Crippen LogP) is 5.00. The second-order valence-corrected chi connectivity index (χ2v) is 7.35. The standard InChI is InChI=1S/C19H20BrNO3/c1-19(2,3)15-7-4-13(5-8-15)11-21-24-12-14-6-9-16(18(22)23)17(20)10-14/h4-11H,12H2,1-3H3,(H,22,23). The van der Waals surface area contributed by atoms with E-state index in [2.05, 4.69) is 54.0 Å². The molecule has 0 saturated carbocycles. The average molecular weight is 390 g/mol. The normalized spacial score (nSPS) is 11.7. The Morgan fingerprint density at radius 3 is 2.42 bits per heavy atom. The lowest BCUT2D eigenvalue weighted by Crippen LogP contribution is -2.10. The van der Waals surface area contributed by atoms with E-state index in [9.17, 15) is 4.79 Å². The summed E-state index contributed by atoms with van der Waals surface area (Å²) < 4.78 is 0.526. The topological polar surface area (TPSA) is 58.9 Å². The molecule has 0 heterocycles. The van der Waals surface area contributed by atoms with Gasteiger partial charge in [-0.05, 0) is 50.2 Å². The molecular weight excluding hydrogens is 370 g/mol. The lowest BCUT2D eigenvalue weighted by atomic mass is 9.87. The smallest absolute Gasteiger partial charge is 0.336 e. The zero-order valence-electron chi connectivity index (χ0n) is 13.9. The van der Waals surface area contributed by atoms with E-state index in [1.807, 2.05) is 12.1 Å². The highest BCUT2D eigenvalue weighted by atomic mass is 79.9. The van der Waals surface area contributed by atoms with Gasteiger partial charge in [-0.15, -0.1) is 0 Å². The first-order chi connectivity index (χ1) is 11.3. The molecule has 1 N–H and O–H groups in total. The Bertz CT molecular complexity index is 746. The Labute approximate surface area is 150 Å². The molecule has 2 aromatic rings. The lowest BCUT2D eigenvalue weighted by molar-refractivity contribution is 0.0695. The summed E-state index contributed by atoms with van der Waals surface area (Å²) in [6.45, 7) is 6.79. The SMILES string of the molecule is CC(C)(C)c1ccc(C=NOCc2ccc(C(=O)O)c(Br)c2)cc1. The van der Waals surface area contributed by atoms with Crippen molar-refractivity contribution in [2.24, 2.45) is 5.16 Å². The molecule has 2 rings (SSSR count). The molecule has 0 bridgehead atoms. The highest BCUT2D eigenvalue weighted by molar-refractivity contribution is 9.10. The van der Waals surface area contributed by atoms with Crippen LogP contribution in [0.15, 0.2) is 52.1 Å². The Kier molecular flexibility index (Phi) is 5.78. The van der Waals surface area contributed by atoms with Crippen molar-refractivity contribution >= 4 is 28.1 Å². The minimum atomic E-state index is -0.967. The van der Waals surface area contributed by atoms with Crippen molar-refractivity contribution in [1.82, 2.24) is 0 Å². The largest absolute Gasteiger partial charge is 0.478 e. The molecule has 0 aliphatic carbocycles. The Hall–Kier alpha value is -2.14. The molecule has 0 amide bonds. The summed E-state index contributed by atoms with van der Waals surface area (Å²) in [6, 6.07) is 13.2. The summed E-state index contributed by atoms with van der Waals surface area (Å²) >= 11 is 3.24. The zero-order chi connectivity index (χ0) is 17.7. The van der Waals surface area contributed by atoms with Gasteiger partial charge in [-0.2, -0.15) is 0 Å². The molecule has 5 heteroatoms. The summed E-state index contributed by atoms with van der Waals surface area (Å²) in [5.74, 6) is -0.967. The van der Waals surface area contributed by atoms with Crippen LogP contribution in [-0.2, 0) is 16.9 Å². The first-order valence-corrected chi connectivity index (χ1v) is 8.34. The predicted molar refractivity (Wildman–Crippen MR) is 98.6 cm³/mol. The van der Waals surface area contributed by atoms with Crippen molar-refractivity contribution in [2.45, 2.75) is 32.8 Å². The third kappa shape index (κ3) is 4.93. The number of oxime groups is 1. The van der Waals surface area contributed by atoms with Crippen LogP contribution in [0.5, 0.6) is 0 Å². The Morgan fingerprint density at radius 1 is 1.21 bits per heavy atom. The molecule has 0 aromatic heterocycles. The molecular formula is C19H20BrNO3. The number of hydrogen-bond donors (Lipinski definition) is 1. The highest BCUT2D eigenvalue weighted by Gasteiger charge is 2.12. The molecule has 24 heavy (non-hydrogen) atoms. The van der Waals surface area contributed by atoms with Crippen molar-refractivity contribution in [3.63, 3.8) is 0 Å². The Morgan fingerprint density at radius 2 is 1.88 bits per heavy atom. The number of carboxylic acid groups (broad SMARTS) is 1. The van der Waals surface area contributed by atoms with E-state index in [1.54, 1.807) is 24.4 Å². The second-order valence-electron chi connectivity index (χ2n) is 6.50. The minimum Gasteiger partial charge on any atom is -0.478 e. The number of carbonyl (C=O) groups is 1. The molecule has 0 aliphatic heterocycles. The number of aromatic carboxylic acids is 1. The fourth-order valence-corrected chi connectivity index (χ4v) is 2.70. The van der Waals surface area contributed by atoms with Gasteiger partial charge >= 0.3 is 5.97 Å². The van der Waals surface area contributed by atoms with Gasteiger partial charge in [0.1, 0.15) is 6.61 Å². The van der Waals surface area contributed by atoms with Gasteiger partial charge in [0.25, 0.3) is 0 Å². The third-order valence-electron chi connectivity index (χ3n) is 3.55. The van der Waals surface area contributed by atoms with Gasteiger partial charge in [0.2, 0.25) is 0 Å². The van der Waals surface area contributed by atoms with Crippen LogP contribution >= 0.6 is 15.9 Å². The number of nitrogens with zero attached hydrogens (tertiary/aromatic N) is 1. The van der Waals surface area contributed by atoms with E-state index in [1.165, 1.54) is 5.56 Å². The summed E-state index contributed by atoms with van der Waals surface area (Å²) in [5, 5.41) is 12.9. The maximum absolute atomic E-state index is 11.0. The summed E-state index contributed by atoms with van der Waals surface area (Å²) in [6.07, 6.45) is 1.66. The van der Waals surface area contributed by atoms with E-state index in [4.69, 9.17) is 9.94 Å². The van der Waals surface area contributed by atoms with Gasteiger partial charge in [-0.25, -0.2) is 4.79 Å². The van der Waals surface area contributed by atoms with Crippen molar-refractivity contribution in [3.8, 4) is 0 Å². The third-order valence-corrected chi connectivity index (χ3v) is 4.20. The van der Waals surface area contributed by atoms with Crippen LogP contribution in [-0.4, -0.2) is 17.3 Å². The van der Waals surface area contributed by atoms with Crippen molar-refractivity contribution in [2.75, 3.05) is 0 Å². The molecule has 126 valence electrons. The highest BCUT2D eigenvalue weighted by Crippen LogP contribution is 2.22. The van der Waals surface area contributed by atoms with Crippen molar-refractivity contribution in [1.29, 1.82) is 0 Å². The number of halogens is 1. The van der Waals surface area contributed by atoms with Gasteiger partial charge in [-0.3, -0.25) is 0 Å². The van der Waals surface area contributed by atoms with E-state index in [-0.39, 0.29) is 17.6 Å². The molecule has 0 spiro atoms. The number of rotatable bonds is 5. The van der Waals surface area contributed by atoms with Gasteiger partial charge in [0, 0.05) is 4.47 Å². The monoisotopic (exact) mass is 389 g/mol. The van der Waals surface area contributed by atoms with Crippen LogP contribution in [0.25, 0.3) is 0 Å². The lowest BCUT2D eigenvalue weighted by Gasteiger charge is -2.18. The number of carboxylic acids is 1. The van der Waals surface area contributed by atoms with Crippen LogP contribution < -0.4 is 0 Å². The maximum Gasteiger partial charge on any atom is 0.336 e. The van der Waals surface area contributed by atoms with E-state index < -0.39 is 5.97 Å². The quantitative estimate of drug-likeness (QED) is 0.578. The number of benzene rings is 2. The van der Waals surface area contributed by atoms with Gasteiger partial charge in [-0.1, -0.05) is 56.3 Å². The van der Waals surface area contributed by atoms with Crippen LogP contribution in [0, 0.1) is 0 Å². The van der Waals surface area contributed by atoms with Crippen LogP contribution in [0.3, 0.4) is 0 Å². The van der Waals surface area contributed by atoms with Crippen molar-refractivity contribution < 1.29 is 14.7 Å². The molecule has 0 radical (unpaired) electrons. The average Bonchev–Trinajstić information content (AvgIpc) is 2.51. The fraction of sp³-hybridized carbons (Fsp3) is 0.263. The van der Waals surface area contributed by atoms with Crippen molar-refractivity contribution in [3.05, 3.63) is 69.2 Å². The van der Waals surface area contributed by atoms with E-state index in [0.717, 1.165) is 11.1 Å². The van der Waals surface area contributed by atoms with Gasteiger partial charge in [0.05, 0.1) is 11.8 Å². The second kappa shape index (κ2) is 7.62. The van der Waals surface area contributed by atoms with Crippen LogP contribution in [0.2, 0.25) is 0 Å². The molecule has 0 atom stereocenters. The first-order valence-electron chi connectivity index (χ1n) is 7.55. The van der Waals surface area contributed by atoms with E-state index in [0.29, 0.717) is 4.47 Å². The number of hydrogen-bond acceptors (Lipinski definition) is 3. The summed E-state index contributed by atoms with van der Waals surface area (Å²) in [5.41, 5.74) is 3.42. The van der Waals surface area contributed by atoms with Crippen LogP contribution in [0.4, 0.5) is 0 Å². The molecule has 0 fully saturated rings. The van der Waals surface area contributed by atoms with Crippen LogP contribution in [0.1, 0.15) is 47.8 Å². The Balaban J connectivity index is 1.93. The molecule has 0 aliphatic rings. The van der Waals surface area contributed by atoms with Gasteiger partial charge < -0.3 is 9.94 Å². The van der Waals surface area contributed by atoms with E-state index >= 15 is 0 Å².